The second-order valence-corrected chi connectivity index (χ2v) is 6.00. The van der Waals surface area contributed by atoms with Gasteiger partial charge < -0.3 is 10.3 Å². The van der Waals surface area contributed by atoms with Gasteiger partial charge in [0.15, 0.2) is 0 Å². The highest BCUT2D eigenvalue weighted by atomic mass is 19.1. The Labute approximate surface area is 137 Å². The second kappa shape index (κ2) is 5.23. The number of hydrogen-bond donors (Lipinski definition) is 1. The van der Waals surface area contributed by atoms with E-state index in [-0.39, 0.29) is 5.82 Å². The van der Waals surface area contributed by atoms with Crippen LogP contribution in [0, 0.1) is 5.82 Å². The van der Waals surface area contributed by atoms with E-state index in [0.29, 0.717) is 17.9 Å². The molecule has 0 unspecified atom stereocenters. The molecule has 3 heterocycles. The summed E-state index contributed by atoms with van der Waals surface area (Å²) in [5, 5.41) is 0. The molecule has 2 N–H and O–H groups in total. The van der Waals surface area contributed by atoms with Crippen molar-refractivity contribution < 1.29 is 4.39 Å². The largest absolute Gasteiger partial charge is 0.382 e. The summed E-state index contributed by atoms with van der Waals surface area (Å²) in [7, 11) is 0. The highest BCUT2D eigenvalue weighted by Gasteiger charge is 2.34. The first kappa shape index (κ1) is 14.5. The summed E-state index contributed by atoms with van der Waals surface area (Å²) in [6, 6.07) is 4.93. The van der Waals surface area contributed by atoms with Crippen molar-refractivity contribution in [2.24, 2.45) is 10.7 Å². The third-order valence-electron chi connectivity index (χ3n) is 4.26. The zero-order valence-corrected chi connectivity index (χ0v) is 13.0. The quantitative estimate of drug-likeness (QED) is 0.783. The number of fused-ring (bicyclic) bond motifs is 1. The summed E-state index contributed by atoms with van der Waals surface area (Å²) in [6.07, 6.45) is 8.19. The molecule has 0 saturated carbocycles. The van der Waals surface area contributed by atoms with E-state index in [1.807, 2.05) is 11.5 Å². The SMILES string of the molecule is C[C@@]1(c2cc(-c3cncnc3)ccc2F)Cn2cncc2C(N)=N1. The van der Waals surface area contributed by atoms with Gasteiger partial charge in [-0.05, 0) is 24.6 Å². The van der Waals surface area contributed by atoms with Crippen molar-refractivity contribution in [2.45, 2.75) is 19.0 Å². The number of nitrogens with two attached hydrogens (primary N) is 1. The number of hydrogen-bond acceptors (Lipinski definition) is 5. The van der Waals surface area contributed by atoms with E-state index in [0.717, 1.165) is 16.8 Å². The van der Waals surface area contributed by atoms with Gasteiger partial charge >= 0.3 is 0 Å². The lowest BCUT2D eigenvalue weighted by molar-refractivity contribution is 0.384. The van der Waals surface area contributed by atoms with E-state index in [2.05, 4.69) is 19.9 Å². The molecule has 120 valence electrons. The van der Waals surface area contributed by atoms with Crippen molar-refractivity contribution in [1.82, 2.24) is 19.5 Å². The maximum atomic E-state index is 14.6. The monoisotopic (exact) mass is 322 g/mol. The van der Waals surface area contributed by atoms with Crippen LogP contribution in [0.1, 0.15) is 18.2 Å². The first-order valence-corrected chi connectivity index (χ1v) is 7.48. The Morgan fingerprint density at radius 1 is 1.12 bits per heavy atom. The summed E-state index contributed by atoms with van der Waals surface area (Å²) >= 11 is 0. The minimum absolute atomic E-state index is 0.321. The van der Waals surface area contributed by atoms with Crippen molar-refractivity contribution in [3.05, 3.63) is 66.5 Å². The van der Waals surface area contributed by atoms with Crippen LogP contribution in [0.2, 0.25) is 0 Å². The van der Waals surface area contributed by atoms with E-state index in [1.165, 1.54) is 12.4 Å². The molecule has 0 radical (unpaired) electrons. The summed E-state index contributed by atoms with van der Waals surface area (Å²) in [4.78, 5) is 16.7. The zero-order chi connectivity index (χ0) is 16.7. The highest BCUT2D eigenvalue weighted by molar-refractivity contribution is 5.96. The first-order chi connectivity index (χ1) is 11.6. The molecule has 6 nitrogen and oxygen atoms in total. The smallest absolute Gasteiger partial charge is 0.145 e. The molecule has 24 heavy (non-hydrogen) atoms. The fourth-order valence-electron chi connectivity index (χ4n) is 3.06. The molecular weight excluding hydrogens is 307 g/mol. The number of halogens is 1. The predicted molar refractivity (Wildman–Crippen MR) is 87.7 cm³/mol. The van der Waals surface area contributed by atoms with Crippen LogP contribution in [0.3, 0.4) is 0 Å². The van der Waals surface area contributed by atoms with Gasteiger partial charge in [0, 0.05) is 23.5 Å². The molecule has 0 fully saturated rings. The summed E-state index contributed by atoms with van der Waals surface area (Å²) < 4.78 is 16.5. The lowest BCUT2D eigenvalue weighted by Crippen LogP contribution is -2.37. The lowest BCUT2D eigenvalue weighted by Gasteiger charge is -2.32. The number of aromatic nitrogens is 4. The molecular formula is C17H15FN6. The molecule has 2 aromatic heterocycles. The molecule has 1 atom stereocenters. The standard InChI is InChI=1S/C17H15FN6/c1-17(8-24-10-22-7-15(24)16(19)23-17)13-4-11(2-3-14(13)18)12-5-20-9-21-6-12/h2-7,9-10H,8H2,1H3,(H2,19,23)/t17-/m0/s1. The maximum Gasteiger partial charge on any atom is 0.145 e. The Bertz CT molecular complexity index is 933. The van der Waals surface area contributed by atoms with Crippen LogP contribution in [0.15, 0.2) is 54.4 Å². The number of aliphatic imine (C=N–C) groups is 1. The third kappa shape index (κ3) is 2.25. The molecule has 4 rings (SSSR count). The Morgan fingerprint density at radius 2 is 1.92 bits per heavy atom. The minimum atomic E-state index is -0.812. The first-order valence-electron chi connectivity index (χ1n) is 7.48. The summed E-state index contributed by atoms with van der Waals surface area (Å²) in [5.74, 6) is 0.0345. The van der Waals surface area contributed by atoms with Crippen LogP contribution in [0.4, 0.5) is 4.39 Å². The summed E-state index contributed by atoms with van der Waals surface area (Å²) in [6.45, 7) is 2.33. The van der Waals surface area contributed by atoms with Gasteiger partial charge in [0.1, 0.15) is 29.2 Å². The number of amidine groups is 1. The minimum Gasteiger partial charge on any atom is -0.382 e. The predicted octanol–water partition coefficient (Wildman–Crippen LogP) is 2.11. The highest BCUT2D eigenvalue weighted by Crippen LogP contribution is 2.35. The van der Waals surface area contributed by atoms with Crippen molar-refractivity contribution in [3.8, 4) is 11.1 Å². The van der Waals surface area contributed by atoms with Crippen LogP contribution in [0.5, 0.6) is 0 Å². The van der Waals surface area contributed by atoms with E-state index < -0.39 is 5.54 Å². The normalized spacial score (nSPS) is 19.7. The lowest BCUT2D eigenvalue weighted by atomic mass is 9.88. The number of benzene rings is 1. The molecule has 1 aliphatic rings. The Balaban J connectivity index is 1.83. The van der Waals surface area contributed by atoms with Crippen molar-refractivity contribution in [2.75, 3.05) is 0 Å². The molecule has 0 bridgehead atoms. The number of imidazole rings is 1. The average Bonchev–Trinajstić information content (AvgIpc) is 3.04. The fraction of sp³-hybridized carbons (Fsp3) is 0.176. The molecule has 1 aromatic carbocycles. The molecule has 3 aromatic rings. The van der Waals surface area contributed by atoms with Crippen molar-refractivity contribution >= 4 is 5.84 Å². The van der Waals surface area contributed by atoms with Crippen LogP contribution < -0.4 is 5.73 Å². The van der Waals surface area contributed by atoms with E-state index in [4.69, 9.17) is 5.73 Å². The Kier molecular flexibility index (Phi) is 3.16. The molecule has 1 aliphatic heterocycles. The molecule has 7 heteroatoms. The van der Waals surface area contributed by atoms with Crippen LogP contribution >= 0.6 is 0 Å². The van der Waals surface area contributed by atoms with Gasteiger partial charge in [-0.25, -0.2) is 19.3 Å². The van der Waals surface area contributed by atoms with Gasteiger partial charge in [0.2, 0.25) is 0 Å². The van der Waals surface area contributed by atoms with E-state index in [9.17, 15) is 4.39 Å². The molecule has 0 saturated heterocycles. The number of rotatable bonds is 2. The van der Waals surface area contributed by atoms with Crippen molar-refractivity contribution in [1.29, 1.82) is 0 Å². The van der Waals surface area contributed by atoms with Crippen LogP contribution in [-0.2, 0) is 12.1 Å². The van der Waals surface area contributed by atoms with Gasteiger partial charge in [-0.1, -0.05) is 6.07 Å². The third-order valence-corrected chi connectivity index (χ3v) is 4.26. The van der Waals surface area contributed by atoms with E-state index in [1.54, 1.807) is 37.1 Å². The van der Waals surface area contributed by atoms with Gasteiger partial charge in [-0.2, -0.15) is 0 Å². The average molecular weight is 322 g/mol. The Morgan fingerprint density at radius 3 is 2.71 bits per heavy atom. The van der Waals surface area contributed by atoms with Crippen LogP contribution in [0.25, 0.3) is 11.1 Å². The second-order valence-electron chi connectivity index (χ2n) is 6.00. The molecule has 0 spiro atoms. The fourth-order valence-corrected chi connectivity index (χ4v) is 3.06. The maximum absolute atomic E-state index is 14.6. The van der Waals surface area contributed by atoms with E-state index >= 15 is 0 Å². The molecule has 0 amide bonds. The molecule has 0 aliphatic carbocycles. The van der Waals surface area contributed by atoms with Gasteiger partial charge in [0.05, 0.1) is 19.1 Å². The Hall–Kier alpha value is -3.09. The summed E-state index contributed by atoms with van der Waals surface area (Å²) in [5.41, 5.74) is 8.12. The topological polar surface area (TPSA) is 82.0 Å². The van der Waals surface area contributed by atoms with Gasteiger partial charge in [-0.3, -0.25) is 4.99 Å². The van der Waals surface area contributed by atoms with Gasteiger partial charge in [-0.15, -0.1) is 0 Å². The van der Waals surface area contributed by atoms with Crippen LogP contribution in [-0.4, -0.2) is 25.4 Å². The van der Waals surface area contributed by atoms with Gasteiger partial charge in [0.25, 0.3) is 0 Å². The zero-order valence-electron chi connectivity index (χ0n) is 13.0. The number of nitrogens with zero attached hydrogens (tertiary/aromatic N) is 5. The van der Waals surface area contributed by atoms with Crippen molar-refractivity contribution in [3.63, 3.8) is 0 Å².